The third kappa shape index (κ3) is 8.28. The van der Waals surface area contributed by atoms with Crippen molar-refractivity contribution in [2.24, 2.45) is 0 Å². The van der Waals surface area contributed by atoms with Crippen molar-refractivity contribution in [3.05, 3.63) is 102 Å². The van der Waals surface area contributed by atoms with E-state index >= 15 is 0 Å². The fourth-order valence-corrected chi connectivity index (χ4v) is 5.03. The van der Waals surface area contributed by atoms with Crippen molar-refractivity contribution in [3.8, 4) is 0 Å². The van der Waals surface area contributed by atoms with E-state index < -0.39 is 17.8 Å². The molecule has 5 rings (SSSR count). The lowest BCUT2D eigenvalue weighted by molar-refractivity contribution is -0.137. The van der Waals surface area contributed by atoms with E-state index in [0.717, 1.165) is 56.8 Å². The van der Waals surface area contributed by atoms with Gasteiger partial charge in [-0.15, -0.1) is 24.8 Å². The molecule has 2 amide bonds. The second-order valence-corrected chi connectivity index (χ2v) is 9.94. The van der Waals surface area contributed by atoms with Crippen molar-refractivity contribution in [1.29, 1.82) is 0 Å². The maximum atomic E-state index is 12.9. The number of hydrogen-bond acceptors (Lipinski definition) is 3. The molecule has 0 saturated carbocycles. The monoisotopic (exact) mass is 604 g/mol. The summed E-state index contributed by atoms with van der Waals surface area (Å²) in [6.45, 7) is 6.89. The quantitative estimate of drug-likeness (QED) is 0.234. The first-order chi connectivity index (χ1) is 18.7. The van der Waals surface area contributed by atoms with Crippen LogP contribution in [-0.4, -0.2) is 43.7 Å². The third-order valence-electron chi connectivity index (χ3n) is 7.08. The molecule has 10 heteroatoms. The summed E-state index contributed by atoms with van der Waals surface area (Å²) < 4.78 is 38.8. The van der Waals surface area contributed by atoms with Crippen LogP contribution in [-0.2, 0) is 12.6 Å². The molecule has 2 N–H and O–H groups in total. The molecule has 1 heterocycles. The topological polar surface area (TPSA) is 47.6 Å². The van der Waals surface area contributed by atoms with Gasteiger partial charge < -0.3 is 15.5 Å². The highest BCUT2D eigenvalue weighted by Gasteiger charge is 2.30. The fraction of sp³-hybridized carbons (Fsp3) is 0.258. The number of piperazine rings is 1. The summed E-state index contributed by atoms with van der Waals surface area (Å²) in [7, 11) is 0. The molecule has 5 nitrogen and oxygen atoms in total. The minimum Gasteiger partial charge on any atom is -0.368 e. The Morgan fingerprint density at radius 1 is 0.805 bits per heavy atom. The molecule has 1 saturated heterocycles. The summed E-state index contributed by atoms with van der Waals surface area (Å²) in [6.07, 6.45) is -3.64. The molecule has 0 aliphatic carbocycles. The number of anilines is 3. The summed E-state index contributed by atoms with van der Waals surface area (Å²) in [5.74, 6) is 0. The third-order valence-corrected chi connectivity index (χ3v) is 7.08. The Morgan fingerprint density at radius 3 is 2.17 bits per heavy atom. The molecule has 1 aliphatic heterocycles. The van der Waals surface area contributed by atoms with Crippen LogP contribution in [0.1, 0.15) is 16.7 Å². The summed E-state index contributed by atoms with van der Waals surface area (Å²) in [5, 5.41) is 7.75. The van der Waals surface area contributed by atoms with Crippen LogP contribution in [0.3, 0.4) is 0 Å². The summed E-state index contributed by atoms with van der Waals surface area (Å²) in [4.78, 5) is 17.3. The van der Waals surface area contributed by atoms with E-state index in [1.54, 1.807) is 6.07 Å². The van der Waals surface area contributed by atoms with Gasteiger partial charge in [-0.05, 0) is 60.7 Å². The number of halogens is 5. The van der Waals surface area contributed by atoms with Gasteiger partial charge in [0.15, 0.2) is 0 Å². The Morgan fingerprint density at radius 2 is 1.46 bits per heavy atom. The van der Waals surface area contributed by atoms with Gasteiger partial charge in [0, 0.05) is 55.2 Å². The summed E-state index contributed by atoms with van der Waals surface area (Å²) >= 11 is 0. The van der Waals surface area contributed by atoms with Gasteiger partial charge in [-0.2, -0.15) is 13.2 Å². The molecular formula is C31H33Cl2F3N4O. The minimum absolute atomic E-state index is 0. The Kier molecular flexibility index (Phi) is 10.9. The van der Waals surface area contributed by atoms with E-state index in [2.05, 4.69) is 63.8 Å². The molecule has 0 bridgehead atoms. The number of amides is 2. The number of aryl methyl sites for hydroxylation is 1. The first kappa shape index (κ1) is 32.1. The van der Waals surface area contributed by atoms with Crippen LogP contribution in [0.5, 0.6) is 0 Å². The Bertz CT molecular complexity index is 1470. The summed E-state index contributed by atoms with van der Waals surface area (Å²) in [6, 6.07) is 24.6. The van der Waals surface area contributed by atoms with Crippen LogP contribution in [0.2, 0.25) is 0 Å². The number of carbonyl (C=O) groups is 1. The molecule has 4 aromatic carbocycles. The number of alkyl halides is 3. The SMILES string of the molecule is Cc1ccc2c(N3CCN(CCc4cccc(NC(=O)Nc5cccc(C(F)(F)F)c5)c4)CC3)cccc2c1.Cl.Cl. The van der Waals surface area contributed by atoms with Gasteiger partial charge >= 0.3 is 12.2 Å². The molecule has 4 aromatic rings. The number of carbonyl (C=O) groups excluding carboxylic acids is 1. The Hall–Kier alpha value is -3.46. The van der Waals surface area contributed by atoms with E-state index in [0.29, 0.717) is 5.69 Å². The molecule has 218 valence electrons. The molecule has 1 fully saturated rings. The van der Waals surface area contributed by atoms with Crippen molar-refractivity contribution in [2.75, 3.05) is 48.3 Å². The molecule has 0 unspecified atom stereocenters. The van der Waals surface area contributed by atoms with Gasteiger partial charge in [0.25, 0.3) is 0 Å². The number of urea groups is 1. The predicted molar refractivity (Wildman–Crippen MR) is 166 cm³/mol. The van der Waals surface area contributed by atoms with Crippen molar-refractivity contribution in [3.63, 3.8) is 0 Å². The maximum absolute atomic E-state index is 12.9. The number of fused-ring (bicyclic) bond motifs is 1. The number of nitrogens with zero attached hydrogens (tertiary/aromatic N) is 2. The number of benzene rings is 4. The maximum Gasteiger partial charge on any atom is 0.416 e. The van der Waals surface area contributed by atoms with Gasteiger partial charge in [-0.25, -0.2) is 4.79 Å². The van der Waals surface area contributed by atoms with Crippen molar-refractivity contribution in [2.45, 2.75) is 19.5 Å². The standard InChI is InChI=1S/C31H31F3N4O.2ClH/c1-22-11-12-28-24(19-22)6-3-10-29(28)38-17-15-37(16-18-38)14-13-23-5-2-8-26(20-23)35-30(39)36-27-9-4-7-25(21-27)31(32,33)34;;/h2-12,19-21H,13-18H2,1H3,(H2,35,36,39);2*1H. The van der Waals surface area contributed by atoms with E-state index in [1.165, 1.54) is 34.2 Å². The zero-order valence-corrected chi connectivity index (χ0v) is 24.2. The predicted octanol–water partition coefficient (Wildman–Crippen LogP) is 8.02. The lowest BCUT2D eigenvalue weighted by Crippen LogP contribution is -2.47. The Balaban J connectivity index is 0.00000231. The van der Waals surface area contributed by atoms with Crippen LogP contribution >= 0.6 is 24.8 Å². The minimum atomic E-state index is -4.47. The normalized spacial score (nSPS) is 13.7. The van der Waals surface area contributed by atoms with Crippen LogP contribution in [0, 0.1) is 6.92 Å². The van der Waals surface area contributed by atoms with Crippen molar-refractivity contribution in [1.82, 2.24) is 4.90 Å². The van der Waals surface area contributed by atoms with Crippen LogP contribution in [0.4, 0.5) is 35.0 Å². The zero-order chi connectivity index (χ0) is 27.4. The molecule has 0 aromatic heterocycles. The van der Waals surface area contributed by atoms with Gasteiger partial charge in [0.1, 0.15) is 0 Å². The average Bonchev–Trinajstić information content (AvgIpc) is 2.91. The van der Waals surface area contributed by atoms with Crippen molar-refractivity contribution >= 4 is 58.7 Å². The van der Waals surface area contributed by atoms with Gasteiger partial charge in [-0.1, -0.05) is 54.1 Å². The van der Waals surface area contributed by atoms with Gasteiger partial charge in [0.2, 0.25) is 0 Å². The van der Waals surface area contributed by atoms with E-state index in [4.69, 9.17) is 0 Å². The fourth-order valence-electron chi connectivity index (χ4n) is 5.03. The van der Waals surface area contributed by atoms with E-state index in [1.807, 2.05) is 18.2 Å². The second kappa shape index (κ2) is 13.9. The van der Waals surface area contributed by atoms with E-state index in [9.17, 15) is 18.0 Å². The molecule has 0 spiro atoms. The first-order valence-corrected chi connectivity index (χ1v) is 13.1. The lowest BCUT2D eigenvalue weighted by atomic mass is 10.0. The molecule has 0 atom stereocenters. The number of rotatable bonds is 6. The number of hydrogen-bond donors (Lipinski definition) is 2. The molecule has 0 radical (unpaired) electrons. The smallest absolute Gasteiger partial charge is 0.368 e. The largest absolute Gasteiger partial charge is 0.416 e. The van der Waals surface area contributed by atoms with Crippen LogP contribution in [0.15, 0.2) is 84.9 Å². The van der Waals surface area contributed by atoms with Crippen LogP contribution < -0.4 is 15.5 Å². The molecule has 41 heavy (non-hydrogen) atoms. The molecular weight excluding hydrogens is 572 g/mol. The Labute approximate surface area is 250 Å². The second-order valence-electron chi connectivity index (χ2n) is 9.94. The first-order valence-electron chi connectivity index (χ1n) is 13.1. The van der Waals surface area contributed by atoms with Crippen LogP contribution in [0.25, 0.3) is 10.8 Å². The average molecular weight is 606 g/mol. The number of nitrogens with one attached hydrogen (secondary N) is 2. The highest BCUT2D eigenvalue weighted by molar-refractivity contribution is 5.99. The molecule has 1 aliphatic rings. The zero-order valence-electron chi connectivity index (χ0n) is 22.6. The summed E-state index contributed by atoms with van der Waals surface area (Å²) in [5.41, 5.74) is 3.49. The highest BCUT2D eigenvalue weighted by Crippen LogP contribution is 2.31. The van der Waals surface area contributed by atoms with Crippen molar-refractivity contribution < 1.29 is 18.0 Å². The highest BCUT2D eigenvalue weighted by atomic mass is 35.5. The lowest BCUT2D eigenvalue weighted by Gasteiger charge is -2.36. The van der Waals surface area contributed by atoms with E-state index in [-0.39, 0.29) is 30.5 Å². The van der Waals surface area contributed by atoms with Gasteiger partial charge in [0.05, 0.1) is 5.56 Å². The van der Waals surface area contributed by atoms with Gasteiger partial charge in [-0.3, -0.25) is 4.90 Å².